The van der Waals surface area contributed by atoms with Gasteiger partial charge >= 0.3 is 6.18 Å². The molecule has 0 fully saturated rings. The number of alkyl halides is 3. The normalized spacial score (nSPS) is 11.1. The number of rotatable bonds is 5. The van der Waals surface area contributed by atoms with E-state index in [1.54, 1.807) is 37.4 Å². The van der Waals surface area contributed by atoms with Gasteiger partial charge in [-0.15, -0.1) is 0 Å². The predicted octanol–water partition coefficient (Wildman–Crippen LogP) is 4.99. The van der Waals surface area contributed by atoms with Crippen LogP contribution in [0.2, 0.25) is 0 Å². The molecule has 0 unspecified atom stereocenters. The van der Waals surface area contributed by atoms with E-state index in [0.717, 1.165) is 11.8 Å². The molecule has 134 valence electrons. The van der Waals surface area contributed by atoms with Crippen LogP contribution in [0.3, 0.4) is 0 Å². The largest absolute Gasteiger partial charge is 0.497 e. The second-order valence-corrected chi connectivity index (χ2v) is 5.29. The maximum Gasteiger partial charge on any atom is 0.418 e. The molecule has 0 saturated heterocycles. The highest BCUT2D eigenvalue weighted by Crippen LogP contribution is 2.35. The molecule has 8 heteroatoms. The molecule has 26 heavy (non-hydrogen) atoms. The van der Waals surface area contributed by atoms with Crippen molar-refractivity contribution in [3.8, 4) is 5.75 Å². The second-order valence-electron chi connectivity index (χ2n) is 5.29. The van der Waals surface area contributed by atoms with Crippen molar-refractivity contribution in [3.05, 3.63) is 66.4 Å². The van der Waals surface area contributed by atoms with E-state index >= 15 is 0 Å². The Hall–Kier alpha value is -3.29. The molecule has 0 amide bonds. The average Bonchev–Trinajstić information content (AvgIpc) is 2.62. The van der Waals surface area contributed by atoms with Crippen molar-refractivity contribution in [2.24, 2.45) is 0 Å². The van der Waals surface area contributed by atoms with Crippen LogP contribution in [0, 0.1) is 0 Å². The number of ether oxygens (including phenoxy) is 1. The first-order chi connectivity index (χ1) is 12.5. The predicted molar refractivity (Wildman–Crippen MR) is 93.0 cm³/mol. The summed E-state index contributed by atoms with van der Waals surface area (Å²) in [6.07, 6.45) is -3.01. The average molecular weight is 360 g/mol. The van der Waals surface area contributed by atoms with Gasteiger partial charge in [0.05, 0.1) is 18.4 Å². The molecule has 0 aliphatic carbocycles. The maximum atomic E-state index is 13.1. The second kappa shape index (κ2) is 7.30. The number of aromatic nitrogens is 2. The molecule has 1 aromatic heterocycles. The number of methoxy groups -OCH3 is 1. The van der Waals surface area contributed by atoms with E-state index in [1.807, 2.05) is 0 Å². The lowest BCUT2D eigenvalue weighted by molar-refractivity contribution is -0.136. The Bertz CT molecular complexity index is 882. The zero-order chi connectivity index (χ0) is 18.6. The van der Waals surface area contributed by atoms with Crippen LogP contribution in [0.25, 0.3) is 0 Å². The van der Waals surface area contributed by atoms with E-state index in [4.69, 9.17) is 4.74 Å². The molecule has 2 N–H and O–H groups in total. The first-order valence-corrected chi connectivity index (χ1v) is 7.63. The third kappa shape index (κ3) is 4.21. The van der Waals surface area contributed by atoms with Crippen molar-refractivity contribution in [2.75, 3.05) is 17.7 Å². The molecular formula is C18H15F3N4O. The van der Waals surface area contributed by atoms with Crippen molar-refractivity contribution >= 4 is 23.1 Å². The minimum atomic E-state index is -4.47. The molecular weight excluding hydrogens is 345 g/mol. The van der Waals surface area contributed by atoms with Gasteiger partial charge in [-0.25, -0.2) is 4.98 Å². The quantitative estimate of drug-likeness (QED) is 0.671. The Balaban J connectivity index is 1.80. The van der Waals surface area contributed by atoms with Gasteiger partial charge in [0, 0.05) is 11.9 Å². The van der Waals surface area contributed by atoms with Crippen molar-refractivity contribution in [2.45, 2.75) is 6.18 Å². The van der Waals surface area contributed by atoms with Crippen LogP contribution in [0.5, 0.6) is 5.75 Å². The van der Waals surface area contributed by atoms with E-state index < -0.39 is 11.7 Å². The maximum absolute atomic E-state index is 13.1. The van der Waals surface area contributed by atoms with Gasteiger partial charge in [0.2, 0.25) is 5.95 Å². The third-order valence-electron chi connectivity index (χ3n) is 3.50. The smallest absolute Gasteiger partial charge is 0.418 e. The molecule has 0 aliphatic heterocycles. The van der Waals surface area contributed by atoms with Crippen molar-refractivity contribution in [1.82, 2.24) is 9.97 Å². The summed E-state index contributed by atoms with van der Waals surface area (Å²) >= 11 is 0. The number of hydrogen-bond donors (Lipinski definition) is 2. The van der Waals surface area contributed by atoms with E-state index in [2.05, 4.69) is 20.6 Å². The Kier molecular flexibility index (Phi) is 4.92. The van der Waals surface area contributed by atoms with Gasteiger partial charge in [0.15, 0.2) is 0 Å². The van der Waals surface area contributed by atoms with E-state index in [-0.39, 0.29) is 11.6 Å². The topological polar surface area (TPSA) is 59.1 Å². The Morgan fingerprint density at radius 2 is 1.65 bits per heavy atom. The highest BCUT2D eigenvalue weighted by atomic mass is 19.4. The van der Waals surface area contributed by atoms with Crippen LogP contribution in [0.15, 0.2) is 60.8 Å². The number of nitrogens with zero attached hydrogens (tertiary/aromatic N) is 2. The van der Waals surface area contributed by atoms with Crippen molar-refractivity contribution < 1.29 is 17.9 Å². The van der Waals surface area contributed by atoms with Crippen LogP contribution < -0.4 is 15.4 Å². The molecule has 1 heterocycles. The highest BCUT2D eigenvalue weighted by Gasteiger charge is 2.33. The monoisotopic (exact) mass is 360 g/mol. The molecule has 0 radical (unpaired) electrons. The summed E-state index contributed by atoms with van der Waals surface area (Å²) in [6, 6.07) is 13.9. The zero-order valence-corrected chi connectivity index (χ0v) is 13.7. The standard InChI is InChI=1S/C18H15F3N4O/c1-26-13-8-6-12(7-9-13)23-16-10-11-22-17(25-16)24-15-5-3-2-4-14(15)18(19,20)21/h2-11H,1H3,(H2,22,23,24,25). The van der Waals surface area contributed by atoms with Crippen molar-refractivity contribution in [3.63, 3.8) is 0 Å². The van der Waals surface area contributed by atoms with Crippen molar-refractivity contribution in [1.29, 1.82) is 0 Å². The summed E-state index contributed by atoms with van der Waals surface area (Å²) < 4.78 is 44.3. The van der Waals surface area contributed by atoms with Crippen LogP contribution in [0.4, 0.5) is 36.3 Å². The molecule has 5 nitrogen and oxygen atoms in total. The number of benzene rings is 2. The third-order valence-corrected chi connectivity index (χ3v) is 3.50. The fourth-order valence-electron chi connectivity index (χ4n) is 2.27. The minimum absolute atomic E-state index is 0.0558. The Morgan fingerprint density at radius 3 is 2.35 bits per heavy atom. The SMILES string of the molecule is COc1ccc(Nc2ccnc(Nc3ccccc3C(F)(F)F)n2)cc1. The van der Waals surface area contributed by atoms with Crippen LogP contribution in [0.1, 0.15) is 5.56 Å². The first kappa shape index (κ1) is 17.5. The molecule has 0 atom stereocenters. The molecule has 0 bridgehead atoms. The minimum Gasteiger partial charge on any atom is -0.497 e. The van der Waals surface area contributed by atoms with Gasteiger partial charge in [0.1, 0.15) is 11.6 Å². The number of nitrogens with one attached hydrogen (secondary N) is 2. The Labute approximate surface area is 147 Å². The lowest BCUT2D eigenvalue weighted by Gasteiger charge is -2.14. The van der Waals surface area contributed by atoms with Gasteiger partial charge < -0.3 is 15.4 Å². The molecule has 0 spiro atoms. The summed E-state index contributed by atoms with van der Waals surface area (Å²) in [5.74, 6) is 1.21. The fourth-order valence-corrected chi connectivity index (χ4v) is 2.27. The number of para-hydroxylation sites is 1. The number of anilines is 4. The summed E-state index contributed by atoms with van der Waals surface area (Å²) in [7, 11) is 1.57. The van der Waals surface area contributed by atoms with Gasteiger partial charge in [-0.3, -0.25) is 0 Å². The van der Waals surface area contributed by atoms with Gasteiger partial charge in [-0.2, -0.15) is 18.2 Å². The summed E-state index contributed by atoms with van der Waals surface area (Å²) in [5, 5.41) is 5.68. The molecule has 3 aromatic rings. The van der Waals surface area contributed by atoms with Gasteiger partial charge in [0.25, 0.3) is 0 Å². The summed E-state index contributed by atoms with van der Waals surface area (Å²) in [4.78, 5) is 8.17. The van der Waals surface area contributed by atoms with Gasteiger partial charge in [-0.1, -0.05) is 12.1 Å². The van der Waals surface area contributed by atoms with Crippen LogP contribution >= 0.6 is 0 Å². The molecule has 3 rings (SSSR count). The fraction of sp³-hybridized carbons (Fsp3) is 0.111. The van der Waals surface area contributed by atoms with Gasteiger partial charge in [-0.05, 0) is 42.5 Å². The number of halogens is 3. The highest BCUT2D eigenvalue weighted by molar-refractivity contribution is 5.62. The summed E-state index contributed by atoms with van der Waals surface area (Å²) in [6.45, 7) is 0. The van der Waals surface area contributed by atoms with Crippen LogP contribution in [-0.4, -0.2) is 17.1 Å². The van der Waals surface area contributed by atoms with E-state index in [1.165, 1.54) is 24.4 Å². The zero-order valence-electron chi connectivity index (χ0n) is 13.7. The van der Waals surface area contributed by atoms with E-state index in [0.29, 0.717) is 11.6 Å². The lowest BCUT2D eigenvalue weighted by atomic mass is 10.1. The molecule has 0 saturated carbocycles. The summed E-state index contributed by atoms with van der Waals surface area (Å²) in [5.41, 5.74) is -0.134. The Morgan fingerprint density at radius 1 is 0.923 bits per heavy atom. The number of hydrogen-bond acceptors (Lipinski definition) is 5. The molecule has 2 aromatic carbocycles. The van der Waals surface area contributed by atoms with E-state index in [9.17, 15) is 13.2 Å². The van der Waals surface area contributed by atoms with Crippen LogP contribution in [-0.2, 0) is 6.18 Å². The first-order valence-electron chi connectivity index (χ1n) is 7.63. The molecule has 0 aliphatic rings. The lowest BCUT2D eigenvalue weighted by Crippen LogP contribution is -2.09.